The number of nitrogens with zero attached hydrogens (tertiary/aromatic N) is 3. The molecule has 1 N–H and O–H groups in total. The van der Waals surface area contributed by atoms with E-state index in [1.807, 2.05) is 20.8 Å². The maximum Gasteiger partial charge on any atom is 0.243 e. The highest BCUT2D eigenvalue weighted by Crippen LogP contribution is 2.25. The van der Waals surface area contributed by atoms with Gasteiger partial charge in [-0.3, -0.25) is 4.79 Å². The van der Waals surface area contributed by atoms with E-state index in [2.05, 4.69) is 15.3 Å². The second-order valence-electron chi connectivity index (χ2n) is 8.17. The first-order chi connectivity index (χ1) is 13.6. The lowest BCUT2D eigenvalue weighted by molar-refractivity contribution is -0.120. The van der Waals surface area contributed by atoms with Gasteiger partial charge < -0.3 is 5.32 Å². The molecule has 0 spiro atoms. The third-order valence-corrected chi connectivity index (χ3v) is 6.78. The summed E-state index contributed by atoms with van der Waals surface area (Å²) in [5, 5.41) is 2.81. The van der Waals surface area contributed by atoms with E-state index in [4.69, 9.17) is 0 Å². The Labute approximate surface area is 170 Å². The topological polar surface area (TPSA) is 92.3 Å². The molecule has 1 amide bonds. The molecule has 1 saturated heterocycles. The third-order valence-electron chi connectivity index (χ3n) is 4.87. The van der Waals surface area contributed by atoms with Gasteiger partial charge in [-0.05, 0) is 37.1 Å². The predicted octanol–water partition coefficient (Wildman–Crippen LogP) is 2.95. The van der Waals surface area contributed by atoms with Crippen molar-refractivity contribution in [1.82, 2.24) is 14.3 Å². The van der Waals surface area contributed by atoms with E-state index in [9.17, 15) is 17.6 Å². The first-order valence-electron chi connectivity index (χ1n) is 9.46. The van der Waals surface area contributed by atoms with Gasteiger partial charge in [-0.2, -0.15) is 4.31 Å². The predicted molar refractivity (Wildman–Crippen MR) is 107 cm³/mol. The van der Waals surface area contributed by atoms with Gasteiger partial charge in [-0.25, -0.2) is 22.8 Å². The summed E-state index contributed by atoms with van der Waals surface area (Å²) in [5.41, 5.74) is 0.343. The number of halogens is 1. The Kier molecular flexibility index (Phi) is 6.00. The summed E-state index contributed by atoms with van der Waals surface area (Å²) in [5.74, 6) is -0.262. The minimum Gasteiger partial charge on any atom is -0.323 e. The molecule has 156 valence electrons. The van der Waals surface area contributed by atoms with Crippen LogP contribution in [0.25, 0.3) is 0 Å². The second kappa shape index (κ2) is 8.16. The molecule has 0 radical (unpaired) electrons. The molecule has 3 rings (SSSR count). The van der Waals surface area contributed by atoms with Crippen molar-refractivity contribution in [3.63, 3.8) is 0 Å². The van der Waals surface area contributed by atoms with Crippen molar-refractivity contribution in [2.75, 3.05) is 18.4 Å². The lowest BCUT2D eigenvalue weighted by atomic mass is 9.96. The number of hydrogen-bond acceptors (Lipinski definition) is 5. The van der Waals surface area contributed by atoms with E-state index >= 15 is 0 Å². The molecule has 1 aliphatic rings. The van der Waals surface area contributed by atoms with E-state index in [1.54, 1.807) is 12.4 Å². The van der Waals surface area contributed by atoms with Crippen LogP contribution in [0.1, 0.15) is 39.4 Å². The number of carbonyl (C=O) groups excluding carboxylic acids is 1. The number of benzene rings is 1. The Morgan fingerprint density at radius 1 is 1.10 bits per heavy atom. The van der Waals surface area contributed by atoms with Gasteiger partial charge in [0.15, 0.2) is 0 Å². The fraction of sp³-hybridized carbons (Fsp3) is 0.450. The van der Waals surface area contributed by atoms with Crippen molar-refractivity contribution in [3.8, 4) is 0 Å². The molecule has 1 aromatic carbocycles. The van der Waals surface area contributed by atoms with Crippen molar-refractivity contribution in [3.05, 3.63) is 48.3 Å². The van der Waals surface area contributed by atoms with Crippen LogP contribution in [0.4, 0.5) is 10.1 Å². The summed E-state index contributed by atoms with van der Waals surface area (Å²) < 4.78 is 39.7. The summed E-state index contributed by atoms with van der Waals surface area (Å²) in [6, 6.07) is 4.76. The molecule has 0 bridgehead atoms. The maximum atomic E-state index is 13.1. The molecular weight excluding hydrogens is 395 g/mol. The molecule has 0 atom stereocenters. The summed E-state index contributed by atoms with van der Waals surface area (Å²) in [4.78, 5) is 21.2. The van der Waals surface area contributed by atoms with Gasteiger partial charge in [0.05, 0.1) is 23.0 Å². The standard InChI is InChI=1S/C20H25FN4O3S/c1-20(2,3)19-22-12-16(13-23-19)24-18(26)14-8-10-25(11-9-14)29(27,28)17-6-4-15(21)5-7-17/h4-7,12-14H,8-11H2,1-3H3,(H,24,26). The summed E-state index contributed by atoms with van der Waals surface area (Å²) in [7, 11) is -3.69. The van der Waals surface area contributed by atoms with E-state index in [1.165, 1.54) is 16.4 Å². The quantitative estimate of drug-likeness (QED) is 0.821. The zero-order valence-electron chi connectivity index (χ0n) is 16.7. The number of nitrogens with one attached hydrogen (secondary N) is 1. The minimum atomic E-state index is -3.69. The van der Waals surface area contributed by atoms with E-state index in [0.717, 1.165) is 12.1 Å². The molecule has 0 saturated carbocycles. The zero-order chi connectivity index (χ0) is 21.2. The number of aromatic nitrogens is 2. The minimum absolute atomic E-state index is 0.0536. The molecule has 9 heteroatoms. The number of carbonyl (C=O) groups is 1. The van der Waals surface area contributed by atoms with Gasteiger partial charge in [0.1, 0.15) is 11.6 Å². The van der Waals surface area contributed by atoms with Crippen LogP contribution in [0.3, 0.4) is 0 Å². The number of anilines is 1. The normalized spacial score (nSPS) is 16.6. The van der Waals surface area contributed by atoms with Crippen molar-refractivity contribution >= 4 is 21.6 Å². The third kappa shape index (κ3) is 4.97. The van der Waals surface area contributed by atoms with Crippen LogP contribution in [-0.4, -0.2) is 41.7 Å². The highest BCUT2D eigenvalue weighted by molar-refractivity contribution is 7.89. The Morgan fingerprint density at radius 3 is 2.17 bits per heavy atom. The molecule has 7 nitrogen and oxygen atoms in total. The Balaban J connectivity index is 1.59. The average Bonchev–Trinajstić information content (AvgIpc) is 2.68. The van der Waals surface area contributed by atoms with Crippen molar-refractivity contribution in [2.45, 2.75) is 43.9 Å². The van der Waals surface area contributed by atoms with Crippen molar-refractivity contribution in [1.29, 1.82) is 0 Å². The molecule has 0 unspecified atom stereocenters. The molecule has 1 aliphatic heterocycles. The first-order valence-corrected chi connectivity index (χ1v) is 10.9. The van der Waals surface area contributed by atoms with Gasteiger partial charge in [-0.1, -0.05) is 20.8 Å². The lowest BCUT2D eigenvalue weighted by Gasteiger charge is -2.30. The van der Waals surface area contributed by atoms with E-state index < -0.39 is 15.8 Å². The average molecular weight is 421 g/mol. The molecule has 1 aromatic heterocycles. The number of rotatable bonds is 4. The van der Waals surface area contributed by atoms with Crippen LogP contribution in [0.5, 0.6) is 0 Å². The van der Waals surface area contributed by atoms with Crippen LogP contribution in [0.2, 0.25) is 0 Å². The highest BCUT2D eigenvalue weighted by atomic mass is 32.2. The Bertz CT molecular complexity index is 962. The largest absolute Gasteiger partial charge is 0.323 e. The summed E-state index contributed by atoms with van der Waals surface area (Å²) in [6.45, 7) is 6.49. The number of sulfonamides is 1. The number of hydrogen-bond donors (Lipinski definition) is 1. The van der Waals surface area contributed by atoms with Gasteiger partial charge in [0.2, 0.25) is 15.9 Å². The molecule has 0 aliphatic carbocycles. The Morgan fingerprint density at radius 2 is 1.66 bits per heavy atom. The monoisotopic (exact) mass is 420 g/mol. The fourth-order valence-corrected chi connectivity index (χ4v) is 4.61. The molecule has 1 fully saturated rings. The van der Waals surface area contributed by atoms with Crippen molar-refractivity contribution < 1.29 is 17.6 Å². The Hall–Kier alpha value is -2.39. The van der Waals surface area contributed by atoms with Crippen molar-refractivity contribution in [2.24, 2.45) is 5.92 Å². The maximum absolute atomic E-state index is 13.1. The van der Waals surface area contributed by atoms with Crippen LogP contribution in [0, 0.1) is 11.7 Å². The van der Waals surface area contributed by atoms with E-state index in [0.29, 0.717) is 24.4 Å². The zero-order valence-corrected chi connectivity index (χ0v) is 17.5. The molecule has 2 aromatic rings. The van der Waals surface area contributed by atoms with Crippen LogP contribution < -0.4 is 5.32 Å². The first kappa shape index (κ1) is 21.3. The number of piperidine rings is 1. The fourth-order valence-electron chi connectivity index (χ4n) is 3.14. The van der Waals surface area contributed by atoms with Gasteiger partial charge in [0.25, 0.3) is 0 Å². The van der Waals surface area contributed by atoms with Gasteiger partial charge in [0, 0.05) is 24.4 Å². The van der Waals surface area contributed by atoms with Crippen LogP contribution in [-0.2, 0) is 20.2 Å². The van der Waals surface area contributed by atoms with Crippen LogP contribution in [0.15, 0.2) is 41.6 Å². The molecule has 2 heterocycles. The highest BCUT2D eigenvalue weighted by Gasteiger charge is 2.32. The van der Waals surface area contributed by atoms with Gasteiger partial charge >= 0.3 is 0 Å². The smallest absolute Gasteiger partial charge is 0.243 e. The molecule has 29 heavy (non-hydrogen) atoms. The van der Waals surface area contributed by atoms with E-state index in [-0.39, 0.29) is 35.2 Å². The summed E-state index contributed by atoms with van der Waals surface area (Å²) >= 11 is 0. The van der Waals surface area contributed by atoms with Crippen LogP contribution >= 0.6 is 0 Å². The number of amides is 1. The second-order valence-corrected chi connectivity index (χ2v) is 10.1. The SMILES string of the molecule is CC(C)(C)c1ncc(NC(=O)C2CCN(S(=O)(=O)c3ccc(F)cc3)CC2)cn1. The van der Waals surface area contributed by atoms with Gasteiger partial charge in [-0.15, -0.1) is 0 Å². The lowest BCUT2D eigenvalue weighted by Crippen LogP contribution is -2.41. The summed E-state index contributed by atoms with van der Waals surface area (Å²) in [6.07, 6.45) is 3.99. The molecular formula is C20H25FN4O3S.